The van der Waals surface area contributed by atoms with Gasteiger partial charge < -0.3 is 0 Å². The van der Waals surface area contributed by atoms with E-state index in [4.69, 9.17) is 5.84 Å². The molecule has 1 heterocycles. The molecule has 1 aromatic carbocycles. The topological polar surface area (TPSA) is 55.9 Å². The summed E-state index contributed by atoms with van der Waals surface area (Å²) in [7, 11) is 0. The first-order valence-corrected chi connectivity index (χ1v) is 7.64. The van der Waals surface area contributed by atoms with Crippen molar-refractivity contribution in [3.05, 3.63) is 50.7 Å². The van der Waals surface area contributed by atoms with Crippen molar-refractivity contribution >= 4 is 31.9 Å². The van der Waals surface area contributed by atoms with Crippen molar-refractivity contribution in [1.29, 1.82) is 0 Å². The van der Waals surface area contributed by atoms with Crippen LogP contribution in [0.25, 0.3) is 0 Å². The largest absolute Gasteiger partial charge is 0.273 e. The number of benzene rings is 1. The molecular weight excluding hydrogens is 372 g/mol. The summed E-state index contributed by atoms with van der Waals surface area (Å²) in [5, 5.41) is 4.28. The van der Waals surface area contributed by atoms with Crippen LogP contribution in [0.3, 0.4) is 0 Å². The van der Waals surface area contributed by atoms with Crippen LogP contribution in [0.4, 0.5) is 0 Å². The summed E-state index contributed by atoms with van der Waals surface area (Å²) < 4.78 is 3.97. The molecule has 0 spiro atoms. The third-order valence-corrected chi connectivity index (χ3v) is 3.85. The van der Waals surface area contributed by atoms with Gasteiger partial charge in [-0.1, -0.05) is 31.9 Å². The Morgan fingerprint density at radius 1 is 1.32 bits per heavy atom. The first kappa shape index (κ1) is 14.7. The molecule has 0 bridgehead atoms. The number of aromatic nitrogens is 2. The SMILES string of the molecule is CCn1cc(CC(NN)c2cc(Br)cc(Br)c2)cn1. The number of rotatable bonds is 5. The molecule has 2 aromatic rings. The number of hydrazine groups is 1. The number of hydrogen-bond acceptors (Lipinski definition) is 3. The van der Waals surface area contributed by atoms with Gasteiger partial charge in [0.2, 0.25) is 0 Å². The Labute approximate surface area is 129 Å². The number of nitrogens with two attached hydrogens (primary N) is 1. The number of halogens is 2. The van der Waals surface area contributed by atoms with E-state index in [2.05, 4.69) is 67.6 Å². The Morgan fingerprint density at radius 2 is 2.00 bits per heavy atom. The van der Waals surface area contributed by atoms with E-state index < -0.39 is 0 Å². The average molecular weight is 388 g/mol. The zero-order chi connectivity index (χ0) is 13.8. The summed E-state index contributed by atoms with van der Waals surface area (Å²) in [6.45, 7) is 2.95. The number of hydrogen-bond donors (Lipinski definition) is 2. The van der Waals surface area contributed by atoms with Crippen LogP contribution in [0.1, 0.15) is 24.1 Å². The highest BCUT2D eigenvalue weighted by Crippen LogP contribution is 2.25. The molecule has 4 nitrogen and oxygen atoms in total. The van der Waals surface area contributed by atoms with E-state index in [1.54, 1.807) is 0 Å². The third-order valence-electron chi connectivity index (χ3n) is 2.94. The van der Waals surface area contributed by atoms with Gasteiger partial charge in [-0.2, -0.15) is 5.10 Å². The van der Waals surface area contributed by atoms with E-state index in [0.717, 1.165) is 27.5 Å². The Hall–Kier alpha value is -0.690. The molecule has 0 fully saturated rings. The van der Waals surface area contributed by atoms with Gasteiger partial charge in [-0.05, 0) is 42.7 Å². The zero-order valence-corrected chi connectivity index (χ0v) is 13.8. The number of aryl methyl sites for hydroxylation is 1. The highest BCUT2D eigenvalue weighted by Gasteiger charge is 2.13. The third kappa shape index (κ3) is 3.89. The fourth-order valence-electron chi connectivity index (χ4n) is 1.97. The van der Waals surface area contributed by atoms with Crippen molar-refractivity contribution < 1.29 is 0 Å². The Kier molecular flexibility index (Phi) is 5.15. The molecule has 3 N–H and O–H groups in total. The van der Waals surface area contributed by atoms with Crippen LogP contribution in [-0.4, -0.2) is 9.78 Å². The van der Waals surface area contributed by atoms with Crippen LogP contribution < -0.4 is 11.3 Å². The van der Waals surface area contributed by atoms with E-state index in [1.807, 2.05) is 16.9 Å². The molecule has 0 aliphatic heterocycles. The van der Waals surface area contributed by atoms with E-state index in [1.165, 1.54) is 5.56 Å². The van der Waals surface area contributed by atoms with Gasteiger partial charge in [-0.3, -0.25) is 16.0 Å². The molecule has 0 radical (unpaired) electrons. The Balaban J connectivity index is 2.19. The van der Waals surface area contributed by atoms with Crippen LogP contribution >= 0.6 is 31.9 Å². The number of nitrogens with one attached hydrogen (secondary N) is 1. The van der Waals surface area contributed by atoms with Gasteiger partial charge in [0, 0.05) is 21.7 Å². The monoisotopic (exact) mass is 386 g/mol. The van der Waals surface area contributed by atoms with Crippen molar-refractivity contribution in [3.8, 4) is 0 Å². The lowest BCUT2D eigenvalue weighted by Gasteiger charge is -2.16. The minimum atomic E-state index is 0.0586. The molecule has 0 saturated carbocycles. The lowest BCUT2D eigenvalue weighted by Crippen LogP contribution is -2.29. The molecule has 1 aromatic heterocycles. The molecule has 0 amide bonds. The summed E-state index contributed by atoms with van der Waals surface area (Å²) in [5.74, 6) is 5.68. The van der Waals surface area contributed by atoms with Gasteiger partial charge >= 0.3 is 0 Å². The maximum atomic E-state index is 5.68. The highest BCUT2D eigenvalue weighted by molar-refractivity contribution is 9.11. The lowest BCUT2D eigenvalue weighted by atomic mass is 10.0. The lowest BCUT2D eigenvalue weighted by molar-refractivity contribution is 0.551. The van der Waals surface area contributed by atoms with E-state index in [-0.39, 0.29) is 6.04 Å². The highest BCUT2D eigenvalue weighted by atomic mass is 79.9. The van der Waals surface area contributed by atoms with Crippen LogP contribution in [0.15, 0.2) is 39.5 Å². The Bertz CT molecular complexity index is 533. The summed E-state index contributed by atoms with van der Waals surface area (Å²) in [6.07, 6.45) is 4.75. The number of nitrogens with zero attached hydrogens (tertiary/aromatic N) is 2. The molecule has 1 unspecified atom stereocenters. The Morgan fingerprint density at radius 3 is 2.53 bits per heavy atom. The molecular formula is C13H16Br2N4. The van der Waals surface area contributed by atoms with E-state index >= 15 is 0 Å². The van der Waals surface area contributed by atoms with Crippen molar-refractivity contribution in [3.63, 3.8) is 0 Å². The van der Waals surface area contributed by atoms with Gasteiger partial charge in [-0.25, -0.2) is 0 Å². The minimum Gasteiger partial charge on any atom is -0.273 e. The summed E-state index contributed by atoms with van der Waals surface area (Å²) in [5.41, 5.74) is 5.17. The van der Waals surface area contributed by atoms with Gasteiger partial charge in [0.05, 0.1) is 12.2 Å². The average Bonchev–Trinajstić information content (AvgIpc) is 2.82. The second-order valence-corrected chi connectivity index (χ2v) is 6.16. The summed E-state index contributed by atoms with van der Waals surface area (Å²) in [4.78, 5) is 0. The van der Waals surface area contributed by atoms with Crippen LogP contribution in [0, 0.1) is 0 Å². The van der Waals surface area contributed by atoms with Crippen LogP contribution in [-0.2, 0) is 13.0 Å². The fraction of sp³-hybridized carbons (Fsp3) is 0.308. The van der Waals surface area contributed by atoms with Gasteiger partial charge in [-0.15, -0.1) is 0 Å². The fourth-order valence-corrected chi connectivity index (χ4v) is 3.30. The molecule has 19 heavy (non-hydrogen) atoms. The zero-order valence-electron chi connectivity index (χ0n) is 10.6. The molecule has 1 atom stereocenters. The van der Waals surface area contributed by atoms with Gasteiger partial charge in [0.1, 0.15) is 0 Å². The molecule has 0 aliphatic carbocycles. The minimum absolute atomic E-state index is 0.0586. The smallest absolute Gasteiger partial charge is 0.0522 e. The second kappa shape index (κ2) is 6.65. The molecule has 6 heteroatoms. The van der Waals surface area contributed by atoms with Gasteiger partial charge in [0.25, 0.3) is 0 Å². The van der Waals surface area contributed by atoms with Crippen molar-refractivity contribution in [2.75, 3.05) is 0 Å². The van der Waals surface area contributed by atoms with Gasteiger partial charge in [0.15, 0.2) is 0 Å². The van der Waals surface area contributed by atoms with Crippen molar-refractivity contribution in [2.45, 2.75) is 25.9 Å². The summed E-state index contributed by atoms with van der Waals surface area (Å²) in [6, 6.07) is 6.20. The molecule has 0 saturated heterocycles. The van der Waals surface area contributed by atoms with Crippen molar-refractivity contribution in [1.82, 2.24) is 15.2 Å². The predicted molar refractivity (Wildman–Crippen MR) is 83.5 cm³/mol. The van der Waals surface area contributed by atoms with E-state index in [9.17, 15) is 0 Å². The quantitative estimate of drug-likeness (QED) is 0.611. The maximum absolute atomic E-state index is 5.68. The van der Waals surface area contributed by atoms with Crippen LogP contribution in [0.2, 0.25) is 0 Å². The molecule has 102 valence electrons. The first-order valence-electron chi connectivity index (χ1n) is 6.05. The van der Waals surface area contributed by atoms with Crippen LogP contribution in [0.5, 0.6) is 0 Å². The predicted octanol–water partition coefficient (Wildman–Crippen LogP) is 3.18. The second-order valence-electron chi connectivity index (χ2n) is 4.33. The standard InChI is InChI=1S/C13H16Br2N4/c1-2-19-8-9(7-17-19)3-13(18-16)10-4-11(14)6-12(15)5-10/h4-8,13,18H,2-3,16H2,1H3. The summed E-state index contributed by atoms with van der Waals surface area (Å²) >= 11 is 6.99. The molecule has 0 aliphatic rings. The first-order chi connectivity index (χ1) is 9.12. The molecule has 2 rings (SSSR count). The maximum Gasteiger partial charge on any atom is 0.0522 e. The normalized spacial score (nSPS) is 12.6. The van der Waals surface area contributed by atoms with Crippen molar-refractivity contribution in [2.24, 2.45) is 5.84 Å². The van der Waals surface area contributed by atoms with E-state index in [0.29, 0.717) is 0 Å².